The highest BCUT2D eigenvalue weighted by Gasteiger charge is 2.26. The maximum atomic E-state index is 11.7. The maximum absolute atomic E-state index is 11.7. The van der Waals surface area contributed by atoms with Crippen LogP contribution >= 0.6 is 15.9 Å². The van der Waals surface area contributed by atoms with Gasteiger partial charge in [-0.2, -0.15) is 0 Å². The summed E-state index contributed by atoms with van der Waals surface area (Å²) in [6.45, 7) is 2.61. The lowest BCUT2D eigenvalue weighted by atomic mass is 10.1. The van der Waals surface area contributed by atoms with Crippen LogP contribution in [0.2, 0.25) is 0 Å². The van der Waals surface area contributed by atoms with Gasteiger partial charge in [0.25, 0.3) is 0 Å². The molecule has 0 unspecified atom stereocenters. The minimum atomic E-state index is -0.404. The molecule has 0 saturated heterocycles. The molecule has 1 aromatic rings. The third-order valence-corrected chi connectivity index (χ3v) is 3.05. The van der Waals surface area contributed by atoms with E-state index in [0.717, 1.165) is 17.3 Å². The van der Waals surface area contributed by atoms with Crippen molar-refractivity contribution < 1.29 is 19.0 Å². The minimum Gasteiger partial charge on any atom is -0.493 e. The first kappa shape index (κ1) is 12.2. The molecule has 5 heteroatoms. The summed E-state index contributed by atoms with van der Waals surface area (Å²) in [5, 5.41) is 0. The highest BCUT2D eigenvalue weighted by molar-refractivity contribution is 9.10. The van der Waals surface area contributed by atoms with E-state index in [1.165, 1.54) is 0 Å². The van der Waals surface area contributed by atoms with Crippen molar-refractivity contribution in [1.82, 2.24) is 0 Å². The molecular weight excluding hydrogens is 288 g/mol. The zero-order chi connectivity index (χ0) is 12.3. The lowest BCUT2D eigenvalue weighted by molar-refractivity contribution is 0.00388. The van der Waals surface area contributed by atoms with Crippen LogP contribution in [0, 0.1) is 0 Å². The Morgan fingerprint density at radius 2 is 2.24 bits per heavy atom. The van der Waals surface area contributed by atoms with Gasteiger partial charge in [-0.1, -0.05) is 13.3 Å². The third kappa shape index (κ3) is 2.54. The molecule has 17 heavy (non-hydrogen) atoms. The standard InChI is InChI=1S/C12H13BrO4/c1-2-3-6-15-9-5-4-8(13)11-10(9)12(14)17-7-16-11/h4-5H,2-3,6-7H2,1H3. The molecule has 0 aliphatic carbocycles. The Bertz CT molecular complexity index is 431. The van der Waals surface area contributed by atoms with E-state index in [1.54, 1.807) is 12.1 Å². The molecule has 2 rings (SSSR count). The van der Waals surface area contributed by atoms with Crippen molar-refractivity contribution in [3.63, 3.8) is 0 Å². The molecule has 0 radical (unpaired) electrons. The second-order valence-corrected chi connectivity index (χ2v) is 4.50. The number of esters is 1. The summed E-state index contributed by atoms with van der Waals surface area (Å²) in [4.78, 5) is 11.7. The minimum absolute atomic E-state index is 0.0527. The summed E-state index contributed by atoms with van der Waals surface area (Å²) in [5.74, 6) is 0.607. The molecule has 0 bridgehead atoms. The predicted octanol–water partition coefficient (Wildman–Crippen LogP) is 3.13. The smallest absolute Gasteiger partial charge is 0.348 e. The fraction of sp³-hybridized carbons (Fsp3) is 0.417. The highest BCUT2D eigenvalue weighted by atomic mass is 79.9. The van der Waals surface area contributed by atoms with Crippen molar-refractivity contribution in [3.8, 4) is 11.5 Å². The van der Waals surface area contributed by atoms with Gasteiger partial charge in [-0.3, -0.25) is 0 Å². The summed E-state index contributed by atoms with van der Waals surface area (Å²) in [5.41, 5.74) is 0.363. The number of rotatable bonds is 4. The topological polar surface area (TPSA) is 44.8 Å². The van der Waals surface area contributed by atoms with Crippen LogP contribution in [0.5, 0.6) is 11.5 Å². The second kappa shape index (κ2) is 5.40. The summed E-state index contributed by atoms with van der Waals surface area (Å²) in [7, 11) is 0. The van der Waals surface area contributed by atoms with Crippen molar-refractivity contribution in [2.45, 2.75) is 19.8 Å². The fourth-order valence-corrected chi connectivity index (χ4v) is 1.98. The number of fused-ring (bicyclic) bond motifs is 1. The van der Waals surface area contributed by atoms with Gasteiger partial charge in [0, 0.05) is 0 Å². The van der Waals surface area contributed by atoms with Gasteiger partial charge in [0.2, 0.25) is 6.79 Å². The average Bonchev–Trinajstić information content (AvgIpc) is 2.33. The Hall–Kier alpha value is -1.23. The van der Waals surface area contributed by atoms with Crippen molar-refractivity contribution in [2.24, 2.45) is 0 Å². The van der Waals surface area contributed by atoms with Gasteiger partial charge < -0.3 is 14.2 Å². The van der Waals surface area contributed by atoms with Crippen LogP contribution in [-0.2, 0) is 4.74 Å². The average molecular weight is 301 g/mol. The first-order chi connectivity index (χ1) is 8.24. The van der Waals surface area contributed by atoms with E-state index in [4.69, 9.17) is 14.2 Å². The van der Waals surface area contributed by atoms with Crippen LogP contribution in [0.3, 0.4) is 0 Å². The number of hydrogen-bond donors (Lipinski definition) is 0. The van der Waals surface area contributed by atoms with Crippen molar-refractivity contribution >= 4 is 21.9 Å². The number of halogens is 1. The Morgan fingerprint density at radius 1 is 1.41 bits per heavy atom. The molecule has 1 aliphatic rings. The maximum Gasteiger partial charge on any atom is 0.348 e. The first-order valence-corrected chi connectivity index (χ1v) is 6.28. The van der Waals surface area contributed by atoms with Gasteiger partial charge in [-0.05, 0) is 34.5 Å². The normalized spacial score (nSPS) is 13.6. The van der Waals surface area contributed by atoms with Gasteiger partial charge in [0.1, 0.15) is 11.3 Å². The SMILES string of the molecule is CCCCOc1ccc(Br)c2c1C(=O)OCO2. The van der Waals surface area contributed by atoms with E-state index < -0.39 is 5.97 Å². The lowest BCUT2D eigenvalue weighted by Gasteiger charge is -2.20. The predicted molar refractivity (Wildman–Crippen MR) is 65.5 cm³/mol. The number of carbonyl (C=O) groups is 1. The Kier molecular flexibility index (Phi) is 3.89. The molecule has 0 fully saturated rings. The van der Waals surface area contributed by atoms with Gasteiger partial charge in [-0.25, -0.2) is 4.79 Å². The van der Waals surface area contributed by atoms with Crippen LogP contribution in [-0.4, -0.2) is 19.4 Å². The Labute approximate surface area is 108 Å². The molecule has 0 amide bonds. The molecule has 4 nitrogen and oxygen atoms in total. The van der Waals surface area contributed by atoms with Gasteiger partial charge in [0.15, 0.2) is 5.75 Å². The van der Waals surface area contributed by atoms with E-state index in [1.807, 2.05) is 0 Å². The van der Waals surface area contributed by atoms with E-state index in [2.05, 4.69) is 22.9 Å². The van der Waals surface area contributed by atoms with Crippen LogP contribution in [0.4, 0.5) is 0 Å². The molecule has 0 aromatic heterocycles. The molecule has 0 saturated carbocycles. The van der Waals surface area contributed by atoms with E-state index in [0.29, 0.717) is 23.7 Å². The van der Waals surface area contributed by atoms with Crippen LogP contribution in [0.15, 0.2) is 16.6 Å². The lowest BCUT2D eigenvalue weighted by Crippen LogP contribution is -2.20. The quantitative estimate of drug-likeness (QED) is 0.633. The summed E-state index contributed by atoms with van der Waals surface area (Å²) >= 11 is 3.34. The molecule has 1 aromatic carbocycles. The fourth-order valence-electron chi connectivity index (χ4n) is 1.53. The summed E-state index contributed by atoms with van der Waals surface area (Å²) in [6.07, 6.45) is 1.99. The molecule has 0 spiro atoms. The summed E-state index contributed by atoms with van der Waals surface area (Å²) < 4.78 is 16.4. The van der Waals surface area contributed by atoms with Crippen LogP contribution < -0.4 is 9.47 Å². The monoisotopic (exact) mass is 300 g/mol. The number of unbranched alkanes of at least 4 members (excludes halogenated alkanes) is 1. The molecule has 1 aliphatic heterocycles. The number of carbonyl (C=O) groups excluding carboxylic acids is 1. The first-order valence-electron chi connectivity index (χ1n) is 5.49. The van der Waals surface area contributed by atoms with Crippen LogP contribution in [0.1, 0.15) is 30.1 Å². The molecule has 0 N–H and O–H groups in total. The van der Waals surface area contributed by atoms with E-state index in [-0.39, 0.29) is 6.79 Å². The highest BCUT2D eigenvalue weighted by Crippen LogP contribution is 2.38. The zero-order valence-corrected chi connectivity index (χ0v) is 11.1. The van der Waals surface area contributed by atoms with Crippen molar-refractivity contribution in [3.05, 3.63) is 22.2 Å². The number of ether oxygens (including phenoxy) is 3. The Balaban J connectivity index is 2.30. The Morgan fingerprint density at radius 3 is 3.00 bits per heavy atom. The third-order valence-electron chi connectivity index (χ3n) is 2.42. The molecular formula is C12H13BrO4. The second-order valence-electron chi connectivity index (χ2n) is 3.65. The molecule has 92 valence electrons. The summed E-state index contributed by atoms with van der Waals surface area (Å²) in [6, 6.07) is 3.55. The molecule has 0 atom stereocenters. The number of hydrogen-bond acceptors (Lipinski definition) is 4. The van der Waals surface area contributed by atoms with E-state index in [9.17, 15) is 4.79 Å². The number of benzene rings is 1. The van der Waals surface area contributed by atoms with E-state index >= 15 is 0 Å². The molecule has 1 heterocycles. The van der Waals surface area contributed by atoms with Gasteiger partial charge in [-0.15, -0.1) is 0 Å². The number of cyclic esters (lactones) is 1. The van der Waals surface area contributed by atoms with Crippen molar-refractivity contribution in [2.75, 3.05) is 13.4 Å². The zero-order valence-electron chi connectivity index (χ0n) is 9.49. The van der Waals surface area contributed by atoms with Gasteiger partial charge in [0.05, 0.1) is 11.1 Å². The van der Waals surface area contributed by atoms with Crippen molar-refractivity contribution in [1.29, 1.82) is 0 Å². The van der Waals surface area contributed by atoms with Gasteiger partial charge >= 0.3 is 5.97 Å². The largest absolute Gasteiger partial charge is 0.493 e. The van der Waals surface area contributed by atoms with Crippen LogP contribution in [0.25, 0.3) is 0 Å².